The first-order valence-corrected chi connectivity index (χ1v) is 13.2. The molecular weight excluding hydrogens is 505 g/mol. The van der Waals surface area contributed by atoms with Gasteiger partial charge in [0.1, 0.15) is 0 Å². The molecule has 202 valence electrons. The lowest BCUT2D eigenvalue weighted by Crippen LogP contribution is -2.42. The first-order chi connectivity index (χ1) is 17.7. The molecule has 0 aliphatic carbocycles. The van der Waals surface area contributed by atoms with Gasteiger partial charge in [-0.3, -0.25) is 15.1 Å². The van der Waals surface area contributed by atoms with Gasteiger partial charge in [-0.1, -0.05) is 11.6 Å². The average Bonchev–Trinajstić information content (AvgIpc) is 2.89. The van der Waals surface area contributed by atoms with Crippen LogP contribution in [-0.4, -0.2) is 50.1 Å². The summed E-state index contributed by atoms with van der Waals surface area (Å²) in [5, 5.41) is 3.95. The van der Waals surface area contributed by atoms with Crippen LogP contribution in [-0.2, 0) is 15.8 Å². The van der Waals surface area contributed by atoms with Gasteiger partial charge in [-0.25, -0.2) is 0 Å². The Hall–Kier alpha value is -2.65. The van der Waals surface area contributed by atoms with Crippen molar-refractivity contribution in [3.63, 3.8) is 0 Å². The predicted molar refractivity (Wildman–Crippen MR) is 141 cm³/mol. The number of nitrogens with one attached hydrogen (secondary N) is 2. The third-order valence-corrected chi connectivity index (χ3v) is 7.58. The van der Waals surface area contributed by atoms with E-state index in [9.17, 15) is 18.0 Å². The lowest BCUT2D eigenvalue weighted by Gasteiger charge is -2.35. The Morgan fingerprint density at radius 3 is 2.32 bits per heavy atom. The zero-order valence-electron chi connectivity index (χ0n) is 21.0. The number of carbonyl (C=O) groups is 1. The Kier molecular flexibility index (Phi) is 9.08. The molecule has 0 radical (unpaired) electrons. The third-order valence-electron chi connectivity index (χ3n) is 7.33. The highest BCUT2D eigenvalue weighted by Gasteiger charge is 2.34. The van der Waals surface area contributed by atoms with Crippen LogP contribution >= 0.6 is 11.6 Å². The SMILES string of the molecule is CONc1ccc(NC2CCN(C(=O)CCC3CCN(c4ccc(Cl)cc4)CC3)CC2)cc1C(F)(F)F. The van der Waals surface area contributed by atoms with E-state index in [1.54, 1.807) is 6.07 Å². The van der Waals surface area contributed by atoms with Crippen molar-refractivity contribution in [1.82, 2.24) is 4.90 Å². The molecule has 2 fully saturated rings. The zero-order valence-corrected chi connectivity index (χ0v) is 21.7. The topological polar surface area (TPSA) is 56.8 Å². The summed E-state index contributed by atoms with van der Waals surface area (Å²) in [6, 6.07) is 12.0. The van der Waals surface area contributed by atoms with Gasteiger partial charge in [0.2, 0.25) is 5.91 Å². The van der Waals surface area contributed by atoms with Crippen LogP contribution in [0.25, 0.3) is 0 Å². The van der Waals surface area contributed by atoms with E-state index in [1.165, 1.54) is 18.9 Å². The summed E-state index contributed by atoms with van der Waals surface area (Å²) in [4.78, 5) is 21.7. The predicted octanol–water partition coefficient (Wildman–Crippen LogP) is 6.43. The number of piperidine rings is 2. The van der Waals surface area contributed by atoms with Crippen LogP contribution in [0.2, 0.25) is 5.02 Å². The monoisotopic (exact) mass is 538 g/mol. The smallest absolute Gasteiger partial charge is 0.382 e. The molecule has 2 heterocycles. The van der Waals surface area contributed by atoms with Crippen LogP contribution in [0.15, 0.2) is 42.5 Å². The number of nitrogens with zero attached hydrogens (tertiary/aromatic N) is 2. The highest BCUT2D eigenvalue weighted by atomic mass is 35.5. The molecule has 2 N–H and O–H groups in total. The van der Waals surface area contributed by atoms with Crippen LogP contribution < -0.4 is 15.7 Å². The van der Waals surface area contributed by atoms with Crippen molar-refractivity contribution in [1.29, 1.82) is 0 Å². The molecule has 2 aromatic rings. The Morgan fingerprint density at radius 2 is 1.70 bits per heavy atom. The van der Waals surface area contributed by atoms with E-state index in [2.05, 4.69) is 20.5 Å². The van der Waals surface area contributed by atoms with Gasteiger partial charge in [0, 0.05) is 55.0 Å². The third kappa shape index (κ3) is 7.45. The molecule has 2 aliphatic heterocycles. The Labute approximate surface area is 221 Å². The molecular formula is C27H34ClF3N4O2. The van der Waals surface area contributed by atoms with Gasteiger partial charge in [0.25, 0.3) is 0 Å². The number of hydrogen-bond acceptors (Lipinski definition) is 5. The standard InChI is InChI=1S/C27H34ClF3N4O2/c1-37-33-25-8-5-22(18-24(25)27(29,30)31)32-21-12-16-35(17-13-21)26(36)9-2-19-10-14-34(15-11-19)23-6-3-20(28)4-7-23/h3-8,18-19,21,32-33H,2,9-17H2,1H3. The molecule has 2 aromatic carbocycles. The molecule has 0 bridgehead atoms. The number of alkyl halides is 3. The van der Waals surface area contributed by atoms with Crippen LogP contribution in [0, 0.1) is 5.92 Å². The van der Waals surface area contributed by atoms with E-state index in [4.69, 9.17) is 11.6 Å². The number of anilines is 3. The van der Waals surface area contributed by atoms with Gasteiger partial charge in [0.05, 0.1) is 18.4 Å². The van der Waals surface area contributed by atoms with Gasteiger partial charge < -0.3 is 15.1 Å². The van der Waals surface area contributed by atoms with Crippen LogP contribution in [0.3, 0.4) is 0 Å². The number of benzene rings is 2. The number of carbonyl (C=O) groups excluding carboxylic acids is 1. The van der Waals surface area contributed by atoms with Gasteiger partial charge in [-0.15, -0.1) is 0 Å². The molecule has 0 atom stereocenters. The van der Waals surface area contributed by atoms with Gasteiger partial charge in [-0.2, -0.15) is 13.2 Å². The number of likely N-dealkylation sites (tertiary alicyclic amines) is 1. The van der Waals surface area contributed by atoms with Crippen molar-refractivity contribution in [2.45, 2.75) is 50.7 Å². The summed E-state index contributed by atoms with van der Waals surface area (Å²) < 4.78 is 40.2. The fourth-order valence-electron chi connectivity index (χ4n) is 5.19. The summed E-state index contributed by atoms with van der Waals surface area (Å²) in [7, 11) is 1.27. The van der Waals surface area contributed by atoms with Crippen molar-refractivity contribution in [2.75, 3.05) is 49.0 Å². The van der Waals surface area contributed by atoms with E-state index in [1.807, 2.05) is 29.2 Å². The average molecular weight is 539 g/mol. The van der Waals surface area contributed by atoms with E-state index in [0.717, 1.165) is 43.4 Å². The van der Waals surface area contributed by atoms with Gasteiger partial charge in [0.15, 0.2) is 0 Å². The Morgan fingerprint density at radius 1 is 1.03 bits per heavy atom. The van der Waals surface area contributed by atoms with Crippen molar-refractivity contribution >= 4 is 34.6 Å². The number of rotatable bonds is 8. The molecule has 37 heavy (non-hydrogen) atoms. The minimum Gasteiger partial charge on any atom is -0.382 e. The van der Waals surface area contributed by atoms with E-state index in [0.29, 0.717) is 44.0 Å². The molecule has 6 nitrogen and oxygen atoms in total. The highest BCUT2D eigenvalue weighted by Crippen LogP contribution is 2.37. The second-order valence-electron chi connectivity index (χ2n) is 9.81. The van der Waals surface area contributed by atoms with Crippen molar-refractivity contribution in [3.05, 3.63) is 53.1 Å². The molecule has 1 amide bonds. The van der Waals surface area contributed by atoms with Crippen LogP contribution in [0.4, 0.5) is 30.2 Å². The molecule has 4 rings (SSSR count). The Bertz CT molecular complexity index is 1030. The number of amides is 1. The largest absolute Gasteiger partial charge is 0.418 e. The van der Waals surface area contributed by atoms with Crippen LogP contribution in [0.5, 0.6) is 0 Å². The van der Waals surface area contributed by atoms with Gasteiger partial charge in [-0.05, 0) is 80.5 Å². The molecule has 0 saturated carbocycles. The maximum Gasteiger partial charge on any atom is 0.418 e. The summed E-state index contributed by atoms with van der Waals surface area (Å²) >= 11 is 5.99. The summed E-state index contributed by atoms with van der Waals surface area (Å²) in [5.41, 5.74) is 2.96. The maximum absolute atomic E-state index is 13.4. The molecule has 10 heteroatoms. The summed E-state index contributed by atoms with van der Waals surface area (Å²) in [5.74, 6) is 0.720. The Balaban J connectivity index is 1.19. The first kappa shape index (κ1) is 27.4. The van der Waals surface area contributed by atoms with Crippen LogP contribution in [0.1, 0.15) is 44.1 Å². The summed E-state index contributed by atoms with van der Waals surface area (Å²) in [6.45, 7) is 3.19. The normalized spacial score (nSPS) is 17.6. The fourth-order valence-corrected chi connectivity index (χ4v) is 5.32. The molecule has 2 saturated heterocycles. The second kappa shape index (κ2) is 12.3. The van der Waals surface area contributed by atoms with Crippen molar-refractivity contribution in [3.8, 4) is 0 Å². The molecule has 2 aliphatic rings. The molecule has 0 aromatic heterocycles. The fraction of sp³-hybridized carbons (Fsp3) is 0.519. The molecule has 0 unspecified atom stereocenters. The first-order valence-electron chi connectivity index (χ1n) is 12.8. The van der Waals surface area contributed by atoms with Gasteiger partial charge >= 0.3 is 6.18 Å². The maximum atomic E-state index is 13.4. The highest BCUT2D eigenvalue weighted by molar-refractivity contribution is 6.30. The number of hydrogen-bond donors (Lipinski definition) is 2. The molecule has 0 spiro atoms. The quantitative estimate of drug-likeness (QED) is 0.379. The second-order valence-corrected chi connectivity index (χ2v) is 10.2. The van der Waals surface area contributed by atoms with E-state index < -0.39 is 11.7 Å². The van der Waals surface area contributed by atoms with E-state index in [-0.39, 0.29) is 17.6 Å². The lowest BCUT2D eigenvalue weighted by molar-refractivity contribution is -0.137. The summed E-state index contributed by atoms with van der Waals surface area (Å²) in [6.07, 6.45) is 0.483. The van der Waals surface area contributed by atoms with Crippen molar-refractivity contribution in [2.24, 2.45) is 5.92 Å². The van der Waals surface area contributed by atoms with E-state index >= 15 is 0 Å². The lowest BCUT2D eigenvalue weighted by atomic mass is 9.91. The zero-order chi connectivity index (χ0) is 26.4. The minimum absolute atomic E-state index is 0.0172. The van der Waals surface area contributed by atoms with Crippen molar-refractivity contribution < 1.29 is 22.8 Å². The number of halogens is 4. The minimum atomic E-state index is -4.50.